The third-order valence-corrected chi connectivity index (χ3v) is 3.65. The number of hydrogen-bond donors (Lipinski definition) is 1. The fraction of sp³-hybridized carbons (Fsp3) is 0.176. The van der Waals surface area contributed by atoms with Crippen LogP contribution < -0.4 is 5.32 Å². The monoisotopic (exact) mass is 315 g/mol. The number of carbonyl (C=O) groups excluding carboxylic acids is 1. The van der Waals surface area contributed by atoms with Crippen molar-refractivity contribution in [1.29, 1.82) is 0 Å². The van der Waals surface area contributed by atoms with E-state index in [9.17, 15) is 13.6 Å². The van der Waals surface area contributed by atoms with Crippen molar-refractivity contribution >= 4 is 17.2 Å². The van der Waals surface area contributed by atoms with E-state index in [1.54, 1.807) is 0 Å². The topological polar surface area (TPSA) is 46.4 Å². The van der Waals surface area contributed by atoms with E-state index in [0.717, 1.165) is 29.2 Å². The van der Waals surface area contributed by atoms with Crippen LogP contribution in [-0.4, -0.2) is 15.3 Å². The molecular weight excluding hydrogens is 300 g/mol. The van der Waals surface area contributed by atoms with E-state index in [1.165, 1.54) is 6.07 Å². The maximum Gasteiger partial charge on any atom is 0.224 e. The number of aryl methyl sites for hydroxylation is 2. The number of amides is 1. The van der Waals surface area contributed by atoms with Gasteiger partial charge in [-0.3, -0.25) is 4.79 Å². The van der Waals surface area contributed by atoms with Gasteiger partial charge in [0.15, 0.2) is 0 Å². The number of nitrogens with one attached hydrogen (secondary N) is 1. The number of imidazole rings is 1. The van der Waals surface area contributed by atoms with Crippen molar-refractivity contribution in [2.45, 2.75) is 19.8 Å². The number of para-hydroxylation sites is 1. The summed E-state index contributed by atoms with van der Waals surface area (Å²) < 4.78 is 29.0. The van der Waals surface area contributed by atoms with E-state index in [-0.39, 0.29) is 6.42 Å². The molecule has 0 saturated heterocycles. The molecule has 3 rings (SSSR count). The van der Waals surface area contributed by atoms with E-state index < -0.39 is 23.2 Å². The van der Waals surface area contributed by atoms with Crippen LogP contribution in [0.5, 0.6) is 0 Å². The van der Waals surface area contributed by atoms with Gasteiger partial charge in [-0.25, -0.2) is 13.8 Å². The van der Waals surface area contributed by atoms with E-state index in [2.05, 4.69) is 10.3 Å². The molecule has 6 heteroatoms. The predicted molar refractivity (Wildman–Crippen MR) is 83.2 cm³/mol. The number of aromatic nitrogens is 2. The number of fused-ring (bicyclic) bond motifs is 1. The van der Waals surface area contributed by atoms with Crippen LogP contribution in [0.4, 0.5) is 14.5 Å². The Kier molecular flexibility index (Phi) is 4.06. The molecule has 0 radical (unpaired) electrons. The molecule has 1 N–H and O–H groups in total. The van der Waals surface area contributed by atoms with Gasteiger partial charge >= 0.3 is 0 Å². The molecule has 0 saturated carbocycles. The normalized spacial score (nSPS) is 10.9. The molecule has 2 heterocycles. The molecule has 0 aliphatic carbocycles. The highest BCUT2D eigenvalue weighted by atomic mass is 19.1. The van der Waals surface area contributed by atoms with Crippen molar-refractivity contribution in [1.82, 2.24) is 9.38 Å². The average Bonchev–Trinajstić information content (AvgIpc) is 2.84. The third-order valence-electron chi connectivity index (χ3n) is 3.65. The number of anilines is 1. The SMILES string of the molecule is Cc1nc2ccccn2c1CCC(=O)Nc1c(F)cccc1F. The number of benzene rings is 1. The van der Waals surface area contributed by atoms with Crippen molar-refractivity contribution in [3.63, 3.8) is 0 Å². The first-order valence-corrected chi connectivity index (χ1v) is 7.22. The van der Waals surface area contributed by atoms with Crippen LogP contribution in [-0.2, 0) is 11.2 Å². The Morgan fingerprint density at radius 3 is 2.65 bits per heavy atom. The van der Waals surface area contributed by atoms with E-state index in [0.29, 0.717) is 6.42 Å². The zero-order valence-electron chi connectivity index (χ0n) is 12.5. The number of carbonyl (C=O) groups is 1. The molecule has 1 aromatic carbocycles. The van der Waals surface area contributed by atoms with Gasteiger partial charge in [0.2, 0.25) is 5.91 Å². The van der Waals surface area contributed by atoms with Crippen molar-refractivity contribution in [2.75, 3.05) is 5.32 Å². The lowest BCUT2D eigenvalue weighted by Crippen LogP contribution is -2.15. The van der Waals surface area contributed by atoms with Crippen LogP contribution >= 0.6 is 0 Å². The summed E-state index contributed by atoms with van der Waals surface area (Å²) in [5.74, 6) is -2.02. The van der Waals surface area contributed by atoms with Gasteiger partial charge in [-0.2, -0.15) is 0 Å². The smallest absolute Gasteiger partial charge is 0.224 e. The van der Waals surface area contributed by atoms with Crippen LogP contribution in [0, 0.1) is 18.6 Å². The Hall–Kier alpha value is -2.76. The number of pyridine rings is 1. The summed E-state index contributed by atoms with van der Waals surface area (Å²) in [4.78, 5) is 16.4. The zero-order valence-corrected chi connectivity index (χ0v) is 12.5. The number of rotatable bonds is 4. The molecule has 0 bridgehead atoms. The first kappa shape index (κ1) is 15.1. The first-order chi connectivity index (χ1) is 11.1. The number of hydrogen-bond acceptors (Lipinski definition) is 2. The van der Waals surface area contributed by atoms with Crippen LogP contribution in [0.1, 0.15) is 17.8 Å². The summed E-state index contributed by atoms with van der Waals surface area (Å²) in [6.07, 6.45) is 2.41. The van der Waals surface area contributed by atoms with Crippen molar-refractivity contribution < 1.29 is 13.6 Å². The Labute approximate surface area is 131 Å². The summed E-state index contributed by atoms with van der Waals surface area (Å²) in [6.45, 7) is 1.87. The molecule has 118 valence electrons. The van der Waals surface area contributed by atoms with Gasteiger partial charge in [0, 0.05) is 18.3 Å². The highest BCUT2D eigenvalue weighted by molar-refractivity contribution is 5.91. The second kappa shape index (κ2) is 6.16. The van der Waals surface area contributed by atoms with Crippen LogP contribution in [0.3, 0.4) is 0 Å². The average molecular weight is 315 g/mol. The fourth-order valence-electron chi connectivity index (χ4n) is 2.52. The minimum atomic E-state index is -0.788. The maximum absolute atomic E-state index is 13.5. The second-order valence-corrected chi connectivity index (χ2v) is 5.22. The quantitative estimate of drug-likeness (QED) is 0.801. The van der Waals surface area contributed by atoms with Crippen LogP contribution in [0.15, 0.2) is 42.6 Å². The van der Waals surface area contributed by atoms with Gasteiger partial charge in [0.05, 0.1) is 5.69 Å². The Bertz CT molecular complexity index is 853. The molecule has 3 aromatic rings. The Morgan fingerprint density at radius 2 is 1.91 bits per heavy atom. The minimum absolute atomic E-state index is 0.108. The van der Waals surface area contributed by atoms with Gasteiger partial charge in [0.25, 0.3) is 0 Å². The Morgan fingerprint density at radius 1 is 1.17 bits per heavy atom. The molecule has 0 aliphatic heterocycles. The second-order valence-electron chi connectivity index (χ2n) is 5.22. The molecule has 2 aromatic heterocycles. The molecule has 0 unspecified atom stereocenters. The van der Waals surface area contributed by atoms with E-state index in [4.69, 9.17) is 0 Å². The van der Waals surface area contributed by atoms with Gasteiger partial charge in [0.1, 0.15) is 23.0 Å². The number of nitrogens with zero attached hydrogens (tertiary/aromatic N) is 2. The first-order valence-electron chi connectivity index (χ1n) is 7.22. The van der Waals surface area contributed by atoms with Gasteiger partial charge in [-0.05, 0) is 37.6 Å². The predicted octanol–water partition coefficient (Wildman–Crippen LogP) is 3.49. The van der Waals surface area contributed by atoms with Crippen molar-refractivity contribution in [3.8, 4) is 0 Å². The summed E-state index contributed by atoms with van der Waals surface area (Å²) in [5, 5.41) is 2.29. The standard InChI is InChI=1S/C17H15F2N3O/c1-11-14(22-10-3-2-7-15(22)20-11)8-9-16(23)21-17-12(18)5-4-6-13(17)19/h2-7,10H,8-9H2,1H3,(H,21,23). The molecule has 0 spiro atoms. The van der Waals surface area contributed by atoms with Gasteiger partial charge in [-0.15, -0.1) is 0 Å². The maximum atomic E-state index is 13.5. The number of halogens is 2. The summed E-state index contributed by atoms with van der Waals surface area (Å²) in [6, 6.07) is 9.11. The fourth-order valence-corrected chi connectivity index (χ4v) is 2.52. The summed E-state index contributed by atoms with van der Waals surface area (Å²) in [7, 11) is 0. The van der Waals surface area contributed by atoms with Gasteiger partial charge < -0.3 is 9.72 Å². The minimum Gasteiger partial charge on any atom is -0.321 e. The van der Waals surface area contributed by atoms with E-state index in [1.807, 2.05) is 35.7 Å². The van der Waals surface area contributed by atoms with Crippen LogP contribution in [0.2, 0.25) is 0 Å². The molecular formula is C17H15F2N3O. The highest BCUT2D eigenvalue weighted by Gasteiger charge is 2.14. The molecule has 1 amide bonds. The zero-order chi connectivity index (χ0) is 16.4. The molecule has 0 fully saturated rings. The van der Waals surface area contributed by atoms with E-state index >= 15 is 0 Å². The lowest BCUT2D eigenvalue weighted by molar-refractivity contribution is -0.116. The lowest BCUT2D eigenvalue weighted by atomic mass is 10.2. The van der Waals surface area contributed by atoms with Crippen molar-refractivity contribution in [3.05, 3.63) is 65.6 Å². The van der Waals surface area contributed by atoms with Gasteiger partial charge in [-0.1, -0.05) is 12.1 Å². The molecule has 23 heavy (non-hydrogen) atoms. The third kappa shape index (κ3) is 3.06. The Balaban J connectivity index is 1.73. The molecule has 0 aliphatic rings. The lowest BCUT2D eigenvalue weighted by Gasteiger charge is -2.08. The molecule has 4 nitrogen and oxygen atoms in total. The largest absolute Gasteiger partial charge is 0.321 e. The summed E-state index contributed by atoms with van der Waals surface area (Å²) >= 11 is 0. The summed E-state index contributed by atoms with van der Waals surface area (Å²) in [5.41, 5.74) is 2.14. The van der Waals surface area contributed by atoms with Crippen molar-refractivity contribution in [2.24, 2.45) is 0 Å². The highest BCUT2D eigenvalue weighted by Crippen LogP contribution is 2.19. The van der Waals surface area contributed by atoms with Crippen LogP contribution in [0.25, 0.3) is 5.65 Å². The molecule has 0 atom stereocenters.